The van der Waals surface area contributed by atoms with E-state index in [4.69, 9.17) is 0 Å². The van der Waals surface area contributed by atoms with Crippen LogP contribution in [0.5, 0.6) is 0 Å². The van der Waals surface area contributed by atoms with Crippen molar-refractivity contribution in [2.75, 3.05) is 11.9 Å². The molecule has 5 heteroatoms. The molecule has 0 aromatic heterocycles. The Morgan fingerprint density at radius 2 is 1.93 bits per heavy atom. The van der Waals surface area contributed by atoms with Gasteiger partial charge in [0.1, 0.15) is 0 Å². The molecule has 2 aromatic rings. The largest absolute Gasteiger partial charge is 0.369 e. The molecule has 2 aromatic carbocycles. The zero-order chi connectivity index (χ0) is 21.6. The number of hydrogen-bond donors (Lipinski definition) is 1. The summed E-state index contributed by atoms with van der Waals surface area (Å²) < 4.78 is 0. The van der Waals surface area contributed by atoms with Crippen molar-refractivity contribution in [1.82, 2.24) is 5.32 Å². The standard InChI is InChI=1S/C25H29N3OS/c1-15-7-9-19(11-16(15)2)26-24-27-23(29)22(30-24)13-18-8-10-21-20(12-18)17(3)14-25(4,5)28(21)6/h7-13,17H,14H2,1-6H3,(H,26,27,29)/b22-13-. The van der Waals surface area contributed by atoms with E-state index in [1.54, 1.807) is 0 Å². The van der Waals surface area contributed by atoms with Crippen LogP contribution in [0.1, 0.15) is 55.4 Å². The Balaban J connectivity index is 1.60. The predicted molar refractivity (Wildman–Crippen MR) is 129 cm³/mol. The lowest BCUT2D eigenvalue weighted by atomic mass is 9.80. The van der Waals surface area contributed by atoms with E-state index in [1.807, 2.05) is 18.2 Å². The molecule has 4 nitrogen and oxygen atoms in total. The Morgan fingerprint density at radius 3 is 2.67 bits per heavy atom. The van der Waals surface area contributed by atoms with Gasteiger partial charge in [0.25, 0.3) is 5.91 Å². The number of amides is 1. The number of carbonyl (C=O) groups excluding carboxylic acids is 1. The third kappa shape index (κ3) is 3.91. The molecular formula is C25H29N3OS. The average molecular weight is 420 g/mol. The van der Waals surface area contributed by atoms with E-state index in [0.29, 0.717) is 16.0 Å². The van der Waals surface area contributed by atoms with Gasteiger partial charge in [0, 0.05) is 18.3 Å². The molecule has 0 saturated carbocycles. The minimum atomic E-state index is -0.0911. The molecule has 30 heavy (non-hydrogen) atoms. The highest BCUT2D eigenvalue weighted by molar-refractivity contribution is 8.18. The van der Waals surface area contributed by atoms with Gasteiger partial charge in [-0.3, -0.25) is 4.79 Å². The third-order valence-electron chi connectivity index (χ3n) is 6.33. The number of aryl methyl sites for hydroxylation is 2. The normalized spacial score (nSPS) is 23.1. The van der Waals surface area contributed by atoms with Crippen LogP contribution in [0.2, 0.25) is 0 Å². The van der Waals surface area contributed by atoms with E-state index in [1.165, 1.54) is 34.1 Å². The zero-order valence-corrected chi connectivity index (χ0v) is 19.4. The Kier molecular flexibility index (Phi) is 5.27. The van der Waals surface area contributed by atoms with Gasteiger partial charge in [-0.05, 0) is 104 Å². The lowest BCUT2D eigenvalue weighted by Gasteiger charge is -2.45. The fraction of sp³-hybridized carbons (Fsp3) is 0.360. The van der Waals surface area contributed by atoms with Gasteiger partial charge in [-0.15, -0.1) is 0 Å². The van der Waals surface area contributed by atoms with Gasteiger partial charge in [0.2, 0.25) is 0 Å². The Labute approximate surface area is 183 Å². The van der Waals surface area contributed by atoms with Gasteiger partial charge in [-0.2, -0.15) is 0 Å². The minimum Gasteiger partial charge on any atom is -0.369 e. The predicted octanol–water partition coefficient (Wildman–Crippen LogP) is 5.92. The van der Waals surface area contributed by atoms with Crippen molar-refractivity contribution in [3.63, 3.8) is 0 Å². The molecule has 1 saturated heterocycles. The highest BCUT2D eigenvalue weighted by atomic mass is 32.2. The van der Waals surface area contributed by atoms with Crippen molar-refractivity contribution in [3.8, 4) is 0 Å². The van der Waals surface area contributed by atoms with Gasteiger partial charge in [-0.1, -0.05) is 19.1 Å². The number of amidine groups is 1. The molecular weight excluding hydrogens is 390 g/mol. The second-order valence-electron chi connectivity index (χ2n) is 9.05. The smallest absolute Gasteiger partial charge is 0.264 e. The number of rotatable bonds is 2. The van der Waals surface area contributed by atoms with Gasteiger partial charge >= 0.3 is 0 Å². The van der Waals surface area contributed by atoms with Crippen LogP contribution < -0.4 is 10.2 Å². The summed E-state index contributed by atoms with van der Waals surface area (Å²) in [6.45, 7) is 11.0. The highest BCUT2D eigenvalue weighted by Gasteiger charge is 2.34. The molecule has 1 N–H and O–H groups in total. The van der Waals surface area contributed by atoms with Gasteiger partial charge in [-0.25, -0.2) is 4.99 Å². The zero-order valence-electron chi connectivity index (χ0n) is 18.5. The van der Waals surface area contributed by atoms with Gasteiger partial charge in [0.15, 0.2) is 5.17 Å². The van der Waals surface area contributed by atoms with E-state index in [-0.39, 0.29) is 11.4 Å². The third-order valence-corrected chi connectivity index (χ3v) is 7.24. The van der Waals surface area contributed by atoms with Crippen LogP contribution in [0.25, 0.3) is 6.08 Å². The number of benzene rings is 2. The topological polar surface area (TPSA) is 44.7 Å². The molecule has 1 fully saturated rings. The van der Waals surface area contributed by atoms with Crippen LogP contribution in [0.3, 0.4) is 0 Å². The average Bonchev–Trinajstić information content (AvgIpc) is 3.01. The summed E-state index contributed by atoms with van der Waals surface area (Å²) >= 11 is 1.40. The first kappa shape index (κ1) is 20.7. The van der Waals surface area contributed by atoms with Crippen LogP contribution in [0.4, 0.5) is 11.4 Å². The first-order valence-corrected chi connectivity index (χ1v) is 11.2. The van der Waals surface area contributed by atoms with E-state index in [2.05, 4.69) is 81.1 Å². The summed E-state index contributed by atoms with van der Waals surface area (Å²) in [4.78, 5) is 20.2. The number of thioether (sulfide) groups is 1. The Bertz CT molecular complexity index is 1080. The number of nitrogens with zero attached hydrogens (tertiary/aromatic N) is 2. The molecule has 2 heterocycles. The summed E-state index contributed by atoms with van der Waals surface area (Å²) in [7, 11) is 2.17. The van der Waals surface area contributed by atoms with Crippen molar-refractivity contribution >= 4 is 40.3 Å². The van der Waals surface area contributed by atoms with E-state index in [9.17, 15) is 4.79 Å². The van der Waals surface area contributed by atoms with Crippen molar-refractivity contribution in [3.05, 3.63) is 63.6 Å². The Morgan fingerprint density at radius 1 is 1.17 bits per heavy atom. The number of nitrogens with one attached hydrogen (secondary N) is 1. The number of aliphatic imine (C=N–C) groups is 1. The molecule has 156 valence electrons. The van der Waals surface area contributed by atoms with E-state index in [0.717, 1.165) is 17.7 Å². The lowest BCUT2D eigenvalue weighted by Crippen LogP contribution is -2.45. The fourth-order valence-electron chi connectivity index (χ4n) is 4.23. The molecule has 1 amide bonds. The quantitative estimate of drug-likeness (QED) is 0.615. The molecule has 2 aliphatic heterocycles. The molecule has 0 aliphatic carbocycles. The number of anilines is 1. The first-order chi connectivity index (χ1) is 14.1. The summed E-state index contributed by atoms with van der Waals surface area (Å²) in [5.74, 6) is 0.392. The van der Waals surface area contributed by atoms with Gasteiger partial charge in [0.05, 0.1) is 10.6 Å². The van der Waals surface area contributed by atoms with Crippen LogP contribution in [0, 0.1) is 13.8 Å². The lowest BCUT2D eigenvalue weighted by molar-refractivity contribution is -0.115. The first-order valence-electron chi connectivity index (χ1n) is 10.4. The molecule has 2 aliphatic rings. The molecule has 1 unspecified atom stereocenters. The van der Waals surface area contributed by atoms with Crippen LogP contribution in [-0.2, 0) is 4.79 Å². The van der Waals surface area contributed by atoms with E-state index >= 15 is 0 Å². The minimum absolute atomic E-state index is 0.0911. The second-order valence-corrected chi connectivity index (χ2v) is 10.1. The van der Waals surface area contributed by atoms with Crippen LogP contribution in [-0.4, -0.2) is 23.7 Å². The summed E-state index contributed by atoms with van der Waals surface area (Å²) in [6.07, 6.45) is 3.08. The molecule has 0 bridgehead atoms. The van der Waals surface area contributed by atoms with Crippen LogP contribution >= 0.6 is 11.8 Å². The summed E-state index contributed by atoms with van der Waals surface area (Å²) in [5, 5.41) is 3.52. The molecule has 1 atom stereocenters. The van der Waals surface area contributed by atoms with Crippen molar-refractivity contribution in [2.24, 2.45) is 4.99 Å². The Hall–Kier alpha value is -2.53. The highest BCUT2D eigenvalue weighted by Crippen LogP contribution is 2.43. The second kappa shape index (κ2) is 7.62. The monoisotopic (exact) mass is 419 g/mol. The number of carbonyl (C=O) groups is 1. The molecule has 4 rings (SSSR count). The van der Waals surface area contributed by atoms with Crippen molar-refractivity contribution in [2.45, 2.75) is 52.5 Å². The number of fused-ring (bicyclic) bond motifs is 1. The molecule has 0 radical (unpaired) electrons. The maximum atomic E-state index is 12.5. The summed E-state index contributed by atoms with van der Waals surface area (Å²) in [5.41, 5.74) is 7.11. The van der Waals surface area contributed by atoms with Gasteiger partial charge < -0.3 is 10.2 Å². The van der Waals surface area contributed by atoms with Crippen LogP contribution in [0.15, 0.2) is 46.3 Å². The molecule has 0 spiro atoms. The van der Waals surface area contributed by atoms with Crippen molar-refractivity contribution in [1.29, 1.82) is 0 Å². The van der Waals surface area contributed by atoms with Crippen molar-refractivity contribution < 1.29 is 4.79 Å². The van der Waals surface area contributed by atoms with E-state index < -0.39 is 0 Å². The fourth-order valence-corrected chi connectivity index (χ4v) is 5.07. The summed E-state index contributed by atoms with van der Waals surface area (Å²) in [6, 6.07) is 12.6. The maximum absolute atomic E-state index is 12.5. The maximum Gasteiger partial charge on any atom is 0.264 e. The number of hydrogen-bond acceptors (Lipinski definition) is 4. The SMILES string of the molecule is Cc1ccc(N=C2NC(=O)/C(=C/c3ccc4c(c3)C(C)CC(C)(C)N4C)S2)cc1C.